The Morgan fingerprint density at radius 1 is 1.06 bits per heavy atom. The highest BCUT2D eigenvalue weighted by molar-refractivity contribution is 7.10. The SMILES string of the molecule is COc1ccc([C@H]2C(C(=O)OC3CCCC3)=C(C)NC3=C2C(=O)C[C@H](c2cccs2)C3)cc1OC. The third-order valence-electron chi connectivity index (χ3n) is 7.31. The molecule has 0 bridgehead atoms. The van der Waals surface area contributed by atoms with Crippen LogP contribution >= 0.6 is 11.3 Å². The summed E-state index contributed by atoms with van der Waals surface area (Å²) in [6, 6.07) is 9.73. The highest BCUT2D eigenvalue weighted by Gasteiger charge is 2.42. The molecule has 5 rings (SSSR count). The van der Waals surface area contributed by atoms with Crippen LogP contribution in [0.1, 0.15) is 67.7 Å². The molecule has 2 heterocycles. The molecule has 0 spiro atoms. The van der Waals surface area contributed by atoms with Crippen molar-refractivity contribution in [2.24, 2.45) is 0 Å². The molecule has 1 aliphatic heterocycles. The molecule has 1 N–H and O–H groups in total. The van der Waals surface area contributed by atoms with Gasteiger partial charge in [-0.3, -0.25) is 4.79 Å². The van der Waals surface area contributed by atoms with E-state index in [0.29, 0.717) is 29.1 Å². The molecule has 184 valence electrons. The van der Waals surface area contributed by atoms with E-state index in [1.807, 2.05) is 36.6 Å². The van der Waals surface area contributed by atoms with Gasteiger partial charge in [0, 0.05) is 40.1 Å². The first-order valence-corrected chi connectivity index (χ1v) is 13.1. The van der Waals surface area contributed by atoms with Gasteiger partial charge in [-0.05, 0) is 68.2 Å². The lowest BCUT2D eigenvalue weighted by atomic mass is 9.72. The van der Waals surface area contributed by atoms with Crippen LogP contribution in [-0.4, -0.2) is 32.1 Å². The maximum atomic E-state index is 13.7. The van der Waals surface area contributed by atoms with E-state index in [4.69, 9.17) is 14.2 Å². The third-order valence-corrected chi connectivity index (χ3v) is 8.34. The topological polar surface area (TPSA) is 73.9 Å². The molecule has 6 nitrogen and oxygen atoms in total. The number of methoxy groups -OCH3 is 2. The van der Waals surface area contributed by atoms with Crippen molar-refractivity contribution in [3.63, 3.8) is 0 Å². The van der Waals surface area contributed by atoms with E-state index in [2.05, 4.69) is 11.4 Å². The second-order valence-electron chi connectivity index (χ2n) is 9.46. The summed E-state index contributed by atoms with van der Waals surface area (Å²) in [5.74, 6) is 0.503. The van der Waals surface area contributed by atoms with E-state index in [1.165, 1.54) is 4.88 Å². The molecule has 1 aromatic carbocycles. The summed E-state index contributed by atoms with van der Waals surface area (Å²) in [5, 5.41) is 5.48. The van der Waals surface area contributed by atoms with Gasteiger partial charge in [-0.15, -0.1) is 11.3 Å². The van der Waals surface area contributed by atoms with Crippen LogP contribution < -0.4 is 14.8 Å². The number of benzene rings is 1. The summed E-state index contributed by atoms with van der Waals surface area (Å²) in [6.45, 7) is 1.90. The zero-order valence-corrected chi connectivity index (χ0v) is 21.2. The summed E-state index contributed by atoms with van der Waals surface area (Å²) in [5.41, 5.74) is 3.62. The number of nitrogens with one attached hydrogen (secondary N) is 1. The number of hydrogen-bond acceptors (Lipinski definition) is 7. The predicted molar refractivity (Wildman–Crippen MR) is 135 cm³/mol. The lowest BCUT2D eigenvalue weighted by molar-refractivity contribution is -0.144. The number of thiophene rings is 1. The molecule has 1 fully saturated rings. The number of ketones is 1. The van der Waals surface area contributed by atoms with Crippen LogP contribution in [0, 0.1) is 0 Å². The van der Waals surface area contributed by atoms with Gasteiger partial charge in [-0.1, -0.05) is 12.1 Å². The number of rotatable bonds is 6. The first-order valence-electron chi connectivity index (χ1n) is 12.2. The fourth-order valence-electron chi connectivity index (χ4n) is 5.62. The molecular weight excluding hydrogens is 462 g/mol. The van der Waals surface area contributed by atoms with Gasteiger partial charge in [-0.2, -0.15) is 0 Å². The number of carbonyl (C=O) groups excluding carboxylic acids is 2. The smallest absolute Gasteiger partial charge is 0.337 e. The van der Waals surface area contributed by atoms with Gasteiger partial charge in [0.05, 0.1) is 19.8 Å². The number of Topliss-reactive ketones (excluding diaryl/α,β-unsaturated/α-hetero) is 1. The van der Waals surface area contributed by atoms with Gasteiger partial charge < -0.3 is 19.5 Å². The fourth-order valence-corrected chi connectivity index (χ4v) is 6.45. The van der Waals surface area contributed by atoms with Crippen LogP contribution in [0.25, 0.3) is 0 Å². The molecule has 0 unspecified atom stereocenters. The minimum Gasteiger partial charge on any atom is -0.493 e. The largest absolute Gasteiger partial charge is 0.493 e. The summed E-state index contributed by atoms with van der Waals surface area (Å²) in [7, 11) is 3.18. The van der Waals surface area contributed by atoms with Gasteiger partial charge in [0.25, 0.3) is 0 Å². The number of allylic oxidation sites excluding steroid dienone is 3. The summed E-state index contributed by atoms with van der Waals surface area (Å²) in [6.07, 6.45) is 5.03. The number of dihydropyridines is 1. The molecule has 7 heteroatoms. The van der Waals surface area contributed by atoms with Gasteiger partial charge >= 0.3 is 5.97 Å². The molecule has 2 atom stereocenters. The van der Waals surface area contributed by atoms with Crippen molar-refractivity contribution >= 4 is 23.1 Å². The molecule has 3 aliphatic rings. The minimum atomic E-state index is -0.517. The lowest BCUT2D eigenvalue weighted by Crippen LogP contribution is -2.36. The zero-order chi connectivity index (χ0) is 24.5. The number of ether oxygens (including phenoxy) is 3. The van der Waals surface area contributed by atoms with Crippen LogP contribution in [0.2, 0.25) is 0 Å². The Bertz CT molecular complexity index is 1190. The normalized spacial score (nSPS) is 22.7. The number of esters is 1. The lowest BCUT2D eigenvalue weighted by Gasteiger charge is -2.36. The Kier molecular flexibility index (Phi) is 6.69. The van der Waals surface area contributed by atoms with Gasteiger partial charge in [0.1, 0.15) is 6.10 Å². The van der Waals surface area contributed by atoms with Gasteiger partial charge in [0.15, 0.2) is 17.3 Å². The maximum Gasteiger partial charge on any atom is 0.337 e. The molecule has 1 aromatic heterocycles. The summed E-state index contributed by atoms with van der Waals surface area (Å²) >= 11 is 1.68. The average molecular weight is 494 g/mol. The first-order chi connectivity index (χ1) is 17.0. The van der Waals surface area contributed by atoms with Crippen LogP contribution in [0.3, 0.4) is 0 Å². The van der Waals surface area contributed by atoms with Crippen molar-refractivity contribution in [2.75, 3.05) is 14.2 Å². The molecule has 0 saturated heterocycles. The molecule has 2 aromatic rings. The van der Waals surface area contributed by atoms with Crippen LogP contribution in [0.5, 0.6) is 11.5 Å². The highest BCUT2D eigenvalue weighted by atomic mass is 32.1. The van der Waals surface area contributed by atoms with Crippen molar-refractivity contribution in [2.45, 2.75) is 63.4 Å². The minimum absolute atomic E-state index is 0.0607. The fraction of sp³-hybridized carbons (Fsp3) is 0.429. The molecule has 35 heavy (non-hydrogen) atoms. The summed E-state index contributed by atoms with van der Waals surface area (Å²) in [4.78, 5) is 28.5. The Morgan fingerprint density at radius 2 is 1.83 bits per heavy atom. The number of carbonyl (C=O) groups is 2. The first kappa shape index (κ1) is 23.7. The average Bonchev–Trinajstić information content (AvgIpc) is 3.57. The molecule has 0 radical (unpaired) electrons. The van der Waals surface area contributed by atoms with Crippen LogP contribution in [-0.2, 0) is 14.3 Å². The second kappa shape index (κ2) is 9.90. The monoisotopic (exact) mass is 493 g/mol. The van der Waals surface area contributed by atoms with Crippen molar-refractivity contribution < 1.29 is 23.8 Å². The zero-order valence-electron chi connectivity index (χ0n) is 20.4. The van der Waals surface area contributed by atoms with Crippen LogP contribution in [0.15, 0.2) is 58.3 Å². The second-order valence-corrected chi connectivity index (χ2v) is 10.4. The van der Waals surface area contributed by atoms with Gasteiger partial charge in [-0.25, -0.2) is 4.79 Å². The summed E-state index contributed by atoms with van der Waals surface area (Å²) < 4.78 is 16.9. The Hall–Kier alpha value is -3.06. The Balaban J connectivity index is 1.58. The van der Waals surface area contributed by atoms with E-state index in [9.17, 15) is 9.59 Å². The van der Waals surface area contributed by atoms with E-state index in [1.54, 1.807) is 25.6 Å². The molecular formula is C28H31NO5S. The van der Waals surface area contributed by atoms with Crippen molar-refractivity contribution in [3.8, 4) is 11.5 Å². The quantitative estimate of drug-likeness (QED) is 0.527. The van der Waals surface area contributed by atoms with Crippen molar-refractivity contribution in [3.05, 3.63) is 68.7 Å². The van der Waals surface area contributed by atoms with Crippen molar-refractivity contribution in [1.29, 1.82) is 0 Å². The highest BCUT2D eigenvalue weighted by Crippen LogP contribution is 2.47. The molecule has 1 saturated carbocycles. The van der Waals surface area contributed by atoms with Crippen molar-refractivity contribution in [1.82, 2.24) is 5.32 Å². The van der Waals surface area contributed by atoms with E-state index >= 15 is 0 Å². The van der Waals surface area contributed by atoms with Gasteiger partial charge in [0.2, 0.25) is 0 Å². The molecule has 2 aliphatic carbocycles. The Morgan fingerprint density at radius 3 is 2.51 bits per heavy atom. The van der Waals surface area contributed by atoms with E-state index < -0.39 is 5.92 Å². The Labute approximate surface area is 210 Å². The van der Waals surface area contributed by atoms with Crippen LogP contribution in [0.4, 0.5) is 0 Å². The standard InChI is InChI=1S/C28H31NO5S/c1-16-25(28(31)34-19-7-4-5-8-19)26(17-10-11-22(32-2)23(15-17)33-3)27-20(29-16)13-18(14-21(27)30)24-9-6-12-35-24/h6,9-12,15,18-19,26,29H,4-5,7-8,13-14H2,1-3H3/t18-,26+/m1/s1. The van der Waals surface area contributed by atoms with E-state index in [0.717, 1.165) is 49.1 Å². The molecule has 0 amide bonds. The number of hydrogen-bond donors (Lipinski definition) is 1. The third kappa shape index (κ3) is 4.49. The predicted octanol–water partition coefficient (Wildman–Crippen LogP) is 5.61. The maximum absolute atomic E-state index is 13.7. The van der Waals surface area contributed by atoms with E-state index in [-0.39, 0.29) is 23.8 Å².